The Morgan fingerprint density at radius 3 is 2.44 bits per heavy atom. The molecular formula is C14H30N2. The number of hydrogen-bond donors (Lipinski definition) is 1. The van der Waals surface area contributed by atoms with Gasteiger partial charge >= 0.3 is 0 Å². The molecule has 1 aliphatic rings. The van der Waals surface area contributed by atoms with Gasteiger partial charge in [0.05, 0.1) is 0 Å². The molecular weight excluding hydrogens is 196 g/mol. The first-order chi connectivity index (χ1) is 7.59. The highest BCUT2D eigenvalue weighted by Gasteiger charge is 2.42. The molecule has 0 bridgehead atoms. The second-order valence-corrected chi connectivity index (χ2v) is 5.73. The average Bonchev–Trinajstić information content (AvgIpc) is 2.70. The molecule has 2 nitrogen and oxygen atoms in total. The zero-order valence-electron chi connectivity index (χ0n) is 11.6. The lowest BCUT2D eigenvalue weighted by Gasteiger charge is -2.43. The summed E-state index contributed by atoms with van der Waals surface area (Å²) in [7, 11) is 0. The topological polar surface area (TPSA) is 29.3 Å². The third-order valence-corrected chi connectivity index (χ3v) is 4.34. The molecule has 0 spiro atoms. The highest BCUT2D eigenvalue weighted by Crippen LogP contribution is 2.40. The van der Waals surface area contributed by atoms with E-state index in [1.807, 2.05) is 0 Å². The van der Waals surface area contributed by atoms with Crippen LogP contribution in [0.25, 0.3) is 0 Å². The minimum absolute atomic E-state index is 0.310. The third-order valence-electron chi connectivity index (χ3n) is 4.34. The van der Waals surface area contributed by atoms with Crippen LogP contribution in [-0.4, -0.2) is 29.6 Å². The van der Waals surface area contributed by atoms with Gasteiger partial charge in [-0.1, -0.05) is 20.3 Å². The van der Waals surface area contributed by atoms with Gasteiger partial charge in [0, 0.05) is 18.1 Å². The lowest BCUT2D eigenvalue weighted by atomic mass is 9.91. The molecule has 2 heteroatoms. The zero-order chi connectivity index (χ0) is 12.2. The number of rotatable bonds is 6. The van der Waals surface area contributed by atoms with Crippen LogP contribution in [0.2, 0.25) is 0 Å². The largest absolute Gasteiger partial charge is 0.329 e. The molecule has 0 aliphatic heterocycles. The molecule has 1 rings (SSSR count). The molecule has 96 valence electrons. The molecule has 1 aliphatic carbocycles. The Labute approximate surface area is 102 Å². The van der Waals surface area contributed by atoms with Crippen LogP contribution in [0.3, 0.4) is 0 Å². The molecule has 1 fully saturated rings. The zero-order valence-corrected chi connectivity index (χ0v) is 11.6. The Morgan fingerprint density at radius 1 is 1.38 bits per heavy atom. The van der Waals surface area contributed by atoms with Crippen molar-refractivity contribution in [3.8, 4) is 0 Å². The molecule has 2 N–H and O–H groups in total. The lowest BCUT2D eigenvalue weighted by Crippen LogP contribution is -2.55. The Kier molecular flexibility index (Phi) is 5.26. The van der Waals surface area contributed by atoms with Gasteiger partial charge in [-0.05, 0) is 52.0 Å². The molecule has 0 heterocycles. The molecule has 2 atom stereocenters. The molecule has 0 amide bonds. The summed E-state index contributed by atoms with van der Waals surface area (Å²) in [6, 6.07) is 0.624. The van der Waals surface area contributed by atoms with Gasteiger partial charge in [0.1, 0.15) is 0 Å². The van der Waals surface area contributed by atoms with Gasteiger partial charge in [-0.15, -0.1) is 0 Å². The fraction of sp³-hybridized carbons (Fsp3) is 1.00. The van der Waals surface area contributed by atoms with Crippen molar-refractivity contribution in [3.05, 3.63) is 0 Å². The predicted molar refractivity (Wildman–Crippen MR) is 71.6 cm³/mol. The molecule has 0 saturated heterocycles. The number of hydrogen-bond acceptors (Lipinski definition) is 2. The van der Waals surface area contributed by atoms with Crippen molar-refractivity contribution in [3.63, 3.8) is 0 Å². The van der Waals surface area contributed by atoms with Crippen molar-refractivity contribution >= 4 is 0 Å². The van der Waals surface area contributed by atoms with E-state index in [2.05, 4.69) is 32.6 Å². The van der Waals surface area contributed by atoms with Crippen LogP contribution in [0.1, 0.15) is 59.8 Å². The summed E-state index contributed by atoms with van der Waals surface area (Å²) in [4.78, 5) is 2.67. The first-order valence-corrected chi connectivity index (χ1v) is 7.06. The van der Waals surface area contributed by atoms with E-state index in [4.69, 9.17) is 5.73 Å². The molecule has 0 aromatic rings. The summed E-state index contributed by atoms with van der Waals surface area (Å²) < 4.78 is 0. The van der Waals surface area contributed by atoms with Crippen LogP contribution >= 0.6 is 0 Å². The Hall–Kier alpha value is -0.0800. The fourth-order valence-electron chi connectivity index (χ4n) is 3.41. The van der Waals surface area contributed by atoms with Gasteiger partial charge in [0.2, 0.25) is 0 Å². The van der Waals surface area contributed by atoms with Gasteiger partial charge in [0.15, 0.2) is 0 Å². The van der Waals surface area contributed by atoms with E-state index in [0.29, 0.717) is 11.6 Å². The van der Waals surface area contributed by atoms with Crippen LogP contribution in [0.15, 0.2) is 0 Å². The van der Waals surface area contributed by atoms with Crippen LogP contribution in [0.4, 0.5) is 0 Å². The average molecular weight is 226 g/mol. The van der Waals surface area contributed by atoms with E-state index in [9.17, 15) is 0 Å². The number of nitrogens with two attached hydrogens (primary N) is 1. The van der Waals surface area contributed by atoms with Crippen molar-refractivity contribution in [1.82, 2.24) is 4.90 Å². The second-order valence-electron chi connectivity index (χ2n) is 5.73. The summed E-state index contributed by atoms with van der Waals surface area (Å²) in [6.07, 6.45) is 6.55. The summed E-state index contributed by atoms with van der Waals surface area (Å²) in [5.74, 6) is 0.904. The fourth-order valence-corrected chi connectivity index (χ4v) is 3.41. The van der Waals surface area contributed by atoms with Crippen molar-refractivity contribution in [2.45, 2.75) is 71.4 Å². The van der Waals surface area contributed by atoms with E-state index in [-0.39, 0.29) is 0 Å². The van der Waals surface area contributed by atoms with E-state index >= 15 is 0 Å². The maximum absolute atomic E-state index is 6.11. The monoisotopic (exact) mass is 226 g/mol. The van der Waals surface area contributed by atoms with Gasteiger partial charge in [-0.3, -0.25) is 4.90 Å². The first kappa shape index (κ1) is 14.0. The summed E-state index contributed by atoms with van der Waals surface area (Å²) in [5, 5.41) is 0. The predicted octanol–water partition coefficient (Wildman–Crippen LogP) is 3.01. The normalized spacial score (nSPS) is 30.6. The van der Waals surface area contributed by atoms with Crippen LogP contribution in [0, 0.1) is 5.92 Å². The summed E-state index contributed by atoms with van der Waals surface area (Å²) >= 11 is 0. The number of nitrogens with zero attached hydrogens (tertiary/aromatic N) is 1. The molecule has 1 saturated carbocycles. The second kappa shape index (κ2) is 6.02. The van der Waals surface area contributed by atoms with E-state index in [1.165, 1.54) is 38.6 Å². The quantitative estimate of drug-likeness (QED) is 0.754. The van der Waals surface area contributed by atoms with E-state index < -0.39 is 0 Å². The van der Waals surface area contributed by atoms with Crippen molar-refractivity contribution in [2.75, 3.05) is 13.1 Å². The van der Waals surface area contributed by atoms with Crippen molar-refractivity contribution < 1.29 is 0 Å². The maximum atomic E-state index is 6.11. The summed E-state index contributed by atoms with van der Waals surface area (Å²) in [6.45, 7) is 11.2. The van der Waals surface area contributed by atoms with Gasteiger partial charge in [-0.2, -0.15) is 0 Å². The smallest absolute Gasteiger partial charge is 0.0337 e. The standard InChI is InChI=1S/C14H30N2/c1-5-9-16(12(3)4)14(11-15)8-7-13(6-2)10-14/h12-13H,5-11,15H2,1-4H3. The Morgan fingerprint density at radius 2 is 2.06 bits per heavy atom. The SMILES string of the molecule is CCCN(C(C)C)C1(CN)CCC(CC)C1. The Balaban J connectivity index is 2.77. The van der Waals surface area contributed by atoms with Crippen LogP contribution < -0.4 is 5.73 Å². The van der Waals surface area contributed by atoms with Gasteiger partial charge in [0.25, 0.3) is 0 Å². The van der Waals surface area contributed by atoms with Crippen LogP contribution in [0.5, 0.6) is 0 Å². The van der Waals surface area contributed by atoms with Crippen LogP contribution in [-0.2, 0) is 0 Å². The van der Waals surface area contributed by atoms with E-state index in [0.717, 1.165) is 12.5 Å². The molecule has 16 heavy (non-hydrogen) atoms. The molecule has 0 aromatic heterocycles. The first-order valence-electron chi connectivity index (χ1n) is 7.06. The van der Waals surface area contributed by atoms with Crippen molar-refractivity contribution in [2.24, 2.45) is 11.7 Å². The minimum Gasteiger partial charge on any atom is -0.329 e. The Bertz CT molecular complexity index is 203. The highest BCUT2D eigenvalue weighted by molar-refractivity contribution is 4.99. The minimum atomic E-state index is 0.310. The molecule has 0 aromatic carbocycles. The lowest BCUT2D eigenvalue weighted by molar-refractivity contribution is 0.0625. The van der Waals surface area contributed by atoms with Crippen molar-refractivity contribution in [1.29, 1.82) is 0 Å². The maximum Gasteiger partial charge on any atom is 0.0337 e. The molecule has 0 radical (unpaired) electrons. The van der Waals surface area contributed by atoms with E-state index in [1.54, 1.807) is 0 Å². The molecule has 2 unspecified atom stereocenters. The van der Waals surface area contributed by atoms with Gasteiger partial charge < -0.3 is 5.73 Å². The highest BCUT2D eigenvalue weighted by atomic mass is 15.2. The van der Waals surface area contributed by atoms with Gasteiger partial charge in [-0.25, -0.2) is 0 Å². The summed E-state index contributed by atoms with van der Waals surface area (Å²) in [5.41, 5.74) is 6.42. The third kappa shape index (κ3) is 2.78.